The van der Waals surface area contributed by atoms with Crippen molar-refractivity contribution in [3.63, 3.8) is 0 Å². The van der Waals surface area contributed by atoms with Crippen molar-refractivity contribution >= 4 is 22.9 Å². The van der Waals surface area contributed by atoms with Crippen molar-refractivity contribution in [3.05, 3.63) is 94.3 Å². The van der Waals surface area contributed by atoms with Gasteiger partial charge in [-0.05, 0) is 80.8 Å². The molecule has 188 valence electrons. The molecular weight excluding hydrogens is 470 g/mol. The van der Waals surface area contributed by atoms with Crippen molar-refractivity contribution in [1.82, 2.24) is 9.88 Å². The summed E-state index contributed by atoms with van der Waals surface area (Å²) in [6, 6.07) is 18.7. The van der Waals surface area contributed by atoms with Gasteiger partial charge in [-0.2, -0.15) is 0 Å². The maximum absolute atomic E-state index is 10.6. The molecule has 6 heteroatoms. The Morgan fingerprint density at radius 2 is 1.92 bits per heavy atom. The van der Waals surface area contributed by atoms with Gasteiger partial charge in [0.2, 0.25) is 0 Å². The summed E-state index contributed by atoms with van der Waals surface area (Å²) in [5, 5.41) is 11.4. The number of piperazine rings is 1. The summed E-state index contributed by atoms with van der Waals surface area (Å²) in [4.78, 5) is 9.60. The van der Waals surface area contributed by atoms with Gasteiger partial charge in [0.15, 0.2) is 0 Å². The van der Waals surface area contributed by atoms with Crippen molar-refractivity contribution in [2.75, 3.05) is 31.1 Å². The first-order valence-electron chi connectivity index (χ1n) is 12.7. The van der Waals surface area contributed by atoms with Crippen LogP contribution in [0.3, 0.4) is 0 Å². The second-order valence-corrected chi connectivity index (χ2v) is 10.7. The quantitative estimate of drug-likeness (QED) is 0.470. The summed E-state index contributed by atoms with van der Waals surface area (Å²) in [5.41, 5.74) is 5.36. The monoisotopic (exact) mass is 503 g/mol. The van der Waals surface area contributed by atoms with Crippen molar-refractivity contribution < 1.29 is 9.84 Å². The molecule has 2 aliphatic rings. The highest BCUT2D eigenvalue weighted by atomic mass is 35.5. The van der Waals surface area contributed by atoms with Gasteiger partial charge in [-0.1, -0.05) is 29.8 Å². The Labute approximate surface area is 219 Å². The Morgan fingerprint density at radius 1 is 1.11 bits per heavy atom. The van der Waals surface area contributed by atoms with Crippen LogP contribution in [0.1, 0.15) is 49.6 Å². The number of pyridine rings is 1. The number of anilines is 1. The van der Waals surface area contributed by atoms with Crippen LogP contribution in [0.15, 0.2) is 66.9 Å². The van der Waals surface area contributed by atoms with Gasteiger partial charge in [0, 0.05) is 60.3 Å². The Morgan fingerprint density at radius 3 is 2.67 bits per heavy atom. The highest BCUT2D eigenvalue weighted by molar-refractivity contribution is 6.30. The van der Waals surface area contributed by atoms with Gasteiger partial charge >= 0.3 is 0 Å². The minimum absolute atomic E-state index is 0.429. The Hall–Kier alpha value is -2.86. The van der Waals surface area contributed by atoms with E-state index in [1.807, 2.05) is 50.4 Å². The van der Waals surface area contributed by atoms with E-state index < -0.39 is 5.60 Å². The lowest BCUT2D eigenvalue weighted by Crippen LogP contribution is -2.52. The first-order valence-corrected chi connectivity index (χ1v) is 13.1. The fourth-order valence-electron chi connectivity index (χ4n) is 5.20. The summed E-state index contributed by atoms with van der Waals surface area (Å²) >= 11 is 6.08. The SMILES string of the molecule is CC1CN(CC/C=C2/c3cc(C(C)(C)O)ccc3OCc3ncccc32)CCN1c1ccc(Cl)cc1. The second-order valence-electron chi connectivity index (χ2n) is 10.3. The molecule has 0 saturated carbocycles. The van der Waals surface area contributed by atoms with Crippen molar-refractivity contribution in [3.8, 4) is 5.75 Å². The van der Waals surface area contributed by atoms with E-state index in [-0.39, 0.29) is 0 Å². The third-order valence-corrected chi connectivity index (χ3v) is 7.44. The molecule has 1 atom stereocenters. The van der Waals surface area contributed by atoms with Crippen LogP contribution >= 0.6 is 11.6 Å². The van der Waals surface area contributed by atoms with Gasteiger partial charge in [-0.15, -0.1) is 0 Å². The number of aromatic nitrogens is 1. The van der Waals surface area contributed by atoms with Gasteiger partial charge in [0.05, 0.1) is 11.3 Å². The number of halogens is 1. The van der Waals surface area contributed by atoms with E-state index in [0.29, 0.717) is 12.6 Å². The fraction of sp³-hybridized carbons (Fsp3) is 0.367. The first-order chi connectivity index (χ1) is 17.3. The number of nitrogens with zero attached hydrogens (tertiary/aromatic N) is 3. The molecule has 3 heterocycles. The van der Waals surface area contributed by atoms with E-state index in [1.54, 1.807) is 0 Å². The van der Waals surface area contributed by atoms with Crippen LogP contribution in [-0.2, 0) is 12.2 Å². The zero-order valence-corrected chi connectivity index (χ0v) is 22.0. The summed E-state index contributed by atoms with van der Waals surface area (Å²) in [7, 11) is 0. The average molecular weight is 504 g/mol. The third-order valence-electron chi connectivity index (χ3n) is 7.18. The van der Waals surface area contributed by atoms with Crippen molar-refractivity contribution in [1.29, 1.82) is 0 Å². The number of benzene rings is 2. The highest BCUT2D eigenvalue weighted by Crippen LogP contribution is 2.38. The molecule has 2 aromatic carbocycles. The molecule has 1 N–H and O–H groups in total. The van der Waals surface area contributed by atoms with Crippen molar-refractivity contribution in [2.24, 2.45) is 0 Å². The first kappa shape index (κ1) is 24.8. The van der Waals surface area contributed by atoms with Gasteiger partial charge in [0.1, 0.15) is 12.4 Å². The maximum Gasteiger partial charge on any atom is 0.131 e. The smallest absolute Gasteiger partial charge is 0.131 e. The predicted octanol–water partition coefficient (Wildman–Crippen LogP) is 5.89. The molecule has 5 rings (SSSR count). The second kappa shape index (κ2) is 10.3. The average Bonchev–Trinajstić information content (AvgIpc) is 3.01. The topological polar surface area (TPSA) is 48.8 Å². The lowest BCUT2D eigenvalue weighted by atomic mass is 9.90. The predicted molar refractivity (Wildman–Crippen MR) is 147 cm³/mol. The standard InChI is InChI=1S/C30H34ClN3O2/c1-21-19-33(16-17-34(21)24-11-9-23(31)10-12-24)15-5-7-25-26-6-4-14-32-28(26)20-36-29-13-8-22(18-27(25)29)30(2,3)35/h4,6-14,18,21,35H,5,15-17,19-20H2,1-3H3/b25-7+. The molecule has 1 saturated heterocycles. The molecule has 0 amide bonds. The van der Waals surface area contributed by atoms with Gasteiger partial charge in [-0.3, -0.25) is 9.88 Å². The van der Waals surface area contributed by atoms with Crippen molar-refractivity contribution in [2.45, 2.75) is 45.4 Å². The number of aliphatic hydroxyl groups is 1. The van der Waals surface area contributed by atoms with E-state index >= 15 is 0 Å². The summed E-state index contributed by atoms with van der Waals surface area (Å²) in [5.74, 6) is 0.831. The Kier molecular flexibility index (Phi) is 7.07. The lowest BCUT2D eigenvalue weighted by Gasteiger charge is -2.41. The maximum atomic E-state index is 10.6. The Balaban J connectivity index is 1.35. The lowest BCUT2D eigenvalue weighted by molar-refractivity contribution is 0.0785. The largest absolute Gasteiger partial charge is 0.487 e. The molecule has 0 bridgehead atoms. The van der Waals surface area contributed by atoms with Crippen LogP contribution in [0.2, 0.25) is 5.02 Å². The van der Waals surface area contributed by atoms with Gasteiger partial charge in [-0.25, -0.2) is 0 Å². The van der Waals surface area contributed by atoms with Gasteiger partial charge < -0.3 is 14.7 Å². The molecule has 1 aromatic heterocycles. The van der Waals surface area contributed by atoms with Crippen LogP contribution in [0.5, 0.6) is 5.75 Å². The molecule has 0 aliphatic carbocycles. The zero-order chi connectivity index (χ0) is 25.3. The molecule has 1 fully saturated rings. The summed E-state index contributed by atoms with van der Waals surface area (Å²) in [6.45, 7) is 10.4. The zero-order valence-electron chi connectivity index (χ0n) is 21.2. The summed E-state index contributed by atoms with van der Waals surface area (Å²) < 4.78 is 6.14. The summed E-state index contributed by atoms with van der Waals surface area (Å²) in [6.07, 6.45) is 5.06. The molecule has 0 radical (unpaired) electrons. The molecule has 5 nitrogen and oxygen atoms in total. The molecule has 0 spiro atoms. The van der Waals surface area contributed by atoms with Crippen LogP contribution < -0.4 is 9.64 Å². The molecule has 36 heavy (non-hydrogen) atoms. The molecule has 2 aliphatic heterocycles. The minimum atomic E-state index is -0.926. The van der Waals surface area contributed by atoms with E-state index in [0.717, 1.165) is 71.3 Å². The fourth-order valence-corrected chi connectivity index (χ4v) is 5.33. The van der Waals surface area contributed by atoms with E-state index in [9.17, 15) is 5.11 Å². The Bertz CT molecular complexity index is 1250. The minimum Gasteiger partial charge on any atom is -0.487 e. The number of rotatable bonds is 5. The van der Waals surface area contributed by atoms with Crippen LogP contribution in [0, 0.1) is 0 Å². The van der Waals surface area contributed by atoms with Crippen LogP contribution in [0.4, 0.5) is 5.69 Å². The number of hydrogen-bond acceptors (Lipinski definition) is 5. The molecular formula is C30H34ClN3O2. The number of hydrogen-bond donors (Lipinski definition) is 1. The van der Waals surface area contributed by atoms with E-state index in [1.165, 1.54) is 5.69 Å². The van der Waals surface area contributed by atoms with Gasteiger partial charge in [0.25, 0.3) is 0 Å². The number of fused-ring (bicyclic) bond motifs is 2. The number of ether oxygens (including phenoxy) is 1. The van der Waals surface area contributed by atoms with E-state index in [2.05, 4.69) is 52.0 Å². The highest BCUT2D eigenvalue weighted by Gasteiger charge is 2.25. The van der Waals surface area contributed by atoms with Crippen LogP contribution in [0.25, 0.3) is 5.57 Å². The molecule has 1 unspecified atom stereocenters. The van der Waals surface area contributed by atoms with Crippen LogP contribution in [-0.4, -0.2) is 47.2 Å². The normalized spacial score (nSPS) is 19.4. The molecule has 3 aromatic rings. The third kappa shape index (κ3) is 5.29. The van der Waals surface area contributed by atoms with E-state index in [4.69, 9.17) is 16.3 Å².